The lowest BCUT2D eigenvalue weighted by molar-refractivity contribution is -0.0000592. The Morgan fingerprint density at radius 1 is 1.29 bits per heavy atom. The van der Waals surface area contributed by atoms with Crippen molar-refractivity contribution in [2.24, 2.45) is 0 Å². The first kappa shape index (κ1) is 10.4. The number of rotatable bonds is 3. The Hall–Kier alpha value is -0.120. The molecule has 0 spiro atoms. The minimum Gasteiger partial charge on any atom is -0.314 e. The minimum absolute atomic E-state index is 0.785. The Labute approximate surface area is 87.4 Å². The van der Waals surface area contributed by atoms with E-state index in [-0.39, 0.29) is 0 Å². The third kappa shape index (κ3) is 1.95. The smallest absolute Gasteiger partial charge is 0.0354 e. The molecule has 0 aromatic rings. The van der Waals surface area contributed by atoms with Gasteiger partial charge < -0.3 is 10.2 Å². The average molecular weight is 197 g/mol. The van der Waals surface area contributed by atoms with Crippen LogP contribution >= 0.6 is 0 Å². The van der Waals surface area contributed by atoms with Crippen LogP contribution in [0.1, 0.15) is 20.3 Å². The molecule has 2 aliphatic rings. The summed E-state index contributed by atoms with van der Waals surface area (Å²) in [7, 11) is 0. The summed E-state index contributed by atoms with van der Waals surface area (Å²) in [6.07, 6.45) is 1.29. The van der Waals surface area contributed by atoms with E-state index in [4.69, 9.17) is 0 Å². The fraction of sp³-hybridized carbons (Fsp3) is 1.00. The standard InChI is InChI=1S/C11H23N3/c1-3-10-7-12-5-6-14(10)11-8-13(4-2)9-11/h10-12H,3-9H2,1-2H3. The third-order valence-electron chi connectivity index (χ3n) is 3.72. The summed E-state index contributed by atoms with van der Waals surface area (Å²) >= 11 is 0. The van der Waals surface area contributed by atoms with Crippen molar-refractivity contribution in [2.75, 3.05) is 39.3 Å². The molecular weight excluding hydrogens is 174 g/mol. The highest BCUT2D eigenvalue weighted by molar-refractivity contribution is 4.92. The van der Waals surface area contributed by atoms with Crippen molar-refractivity contribution in [2.45, 2.75) is 32.4 Å². The number of nitrogens with one attached hydrogen (secondary N) is 1. The molecule has 0 aromatic heterocycles. The van der Waals surface area contributed by atoms with Crippen LogP contribution in [0.25, 0.3) is 0 Å². The van der Waals surface area contributed by atoms with E-state index >= 15 is 0 Å². The molecule has 3 nitrogen and oxygen atoms in total. The van der Waals surface area contributed by atoms with Crippen molar-refractivity contribution < 1.29 is 0 Å². The molecule has 2 heterocycles. The molecule has 2 rings (SSSR count). The van der Waals surface area contributed by atoms with Gasteiger partial charge in [-0.25, -0.2) is 0 Å². The number of hydrogen-bond donors (Lipinski definition) is 1. The highest BCUT2D eigenvalue weighted by Gasteiger charge is 2.34. The van der Waals surface area contributed by atoms with Gasteiger partial charge in [0, 0.05) is 44.8 Å². The van der Waals surface area contributed by atoms with Crippen LogP contribution in [0.15, 0.2) is 0 Å². The second kappa shape index (κ2) is 4.60. The van der Waals surface area contributed by atoms with Crippen LogP contribution in [-0.4, -0.2) is 61.2 Å². The molecule has 0 amide bonds. The third-order valence-corrected chi connectivity index (χ3v) is 3.72. The lowest BCUT2D eigenvalue weighted by atomic mass is 10.0. The van der Waals surface area contributed by atoms with Crippen LogP contribution in [0.3, 0.4) is 0 Å². The van der Waals surface area contributed by atoms with Crippen LogP contribution in [-0.2, 0) is 0 Å². The fourth-order valence-electron chi connectivity index (χ4n) is 2.65. The van der Waals surface area contributed by atoms with Gasteiger partial charge in [0.25, 0.3) is 0 Å². The van der Waals surface area contributed by atoms with Crippen molar-refractivity contribution in [1.29, 1.82) is 0 Å². The van der Waals surface area contributed by atoms with E-state index in [1.165, 1.54) is 45.7 Å². The van der Waals surface area contributed by atoms with E-state index in [2.05, 4.69) is 29.0 Å². The Balaban J connectivity index is 1.83. The minimum atomic E-state index is 0.785. The summed E-state index contributed by atoms with van der Waals surface area (Å²) in [5.41, 5.74) is 0. The van der Waals surface area contributed by atoms with Gasteiger partial charge >= 0.3 is 0 Å². The number of nitrogens with zero attached hydrogens (tertiary/aromatic N) is 2. The first-order chi connectivity index (χ1) is 6.85. The van der Waals surface area contributed by atoms with Gasteiger partial charge in [-0.2, -0.15) is 0 Å². The Bertz CT molecular complexity index is 177. The van der Waals surface area contributed by atoms with Crippen LogP contribution in [0.5, 0.6) is 0 Å². The normalized spacial score (nSPS) is 31.7. The lowest BCUT2D eigenvalue weighted by Gasteiger charge is -2.49. The molecule has 0 bridgehead atoms. The predicted molar refractivity (Wildman–Crippen MR) is 59.6 cm³/mol. The van der Waals surface area contributed by atoms with Crippen molar-refractivity contribution in [1.82, 2.24) is 15.1 Å². The van der Waals surface area contributed by atoms with Crippen molar-refractivity contribution in [3.63, 3.8) is 0 Å². The van der Waals surface area contributed by atoms with Gasteiger partial charge in [0.15, 0.2) is 0 Å². The van der Waals surface area contributed by atoms with Gasteiger partial charge in [0.05, 0.1) is 0 Å². The summed E-state index contributed by atoms with van der Waals surface area (Å²) < 4.78 is 0. The van der Waals surface area contributed by atoms with E-state index in [0.717, 1.165) is 12.1 Å². The second-order valence-corrected chi connectivity index (χ2v) is 4.51. The van der Waals surface area contributed by atoms with E-state index < -0.39 is 0 Å². The van der Waals surface area contributed by atoms with Crippen LogP contribution in [0, 0.1) is 0 Å². The number of hydrogen-bond acceptors (Lipinski definition) is 3. The summed E-state index contributed by atoms with van der Waals surface area (Å²) in [5.74, 6) is 0. The topological polar surface area (TPSA) is 18.5 Å². The maximum absolute atomic E-state index is 3.49. The van der Waals surface area contributed by atoms with Crippen LogP contribution in [0.4, 0.5) is 0 Å². The van der Waals surface area contributed by atoms with Crippen LogP contribution in [0.2, 0.25) is 0 Å². The first-order valence-electron chi connectivity index (χ1n) is 6.04. The molecule has 0 saturated carbocycles. The average Bonchev–Trinajstić information content (AvgIpc) is 2.17. The highest BCUT2D eigenvalue weighted by Crippen LogP contribution is 2.19. The maximum atomic E-state index is 3.49. The van der Waals surface area contributed by atoms with E-state index in [9.17, 15) is 0 Å². The maximum Gasteiger partial charge on any atom is 0.0354 e. The summed E-state index contributed by atoms with van der Waals surface area (Å²) in [5, 5.41) is 3.49. The monoisotopic (exact) mass is 197 g/mol. The number of piperazine rings is 1. The predicted octanol–water partition coefficient (Wildman–Crippen LogP) is 0.374. The van der Waals surface area contributed by atoms with Gasteiger partial charge in [0.2, 0.25) is 0 Å². The van der Waals surface area contributed by atoms with E-state index in [0.29, 0.717) is 0 Å². The molecule has 2 saturated heterocycles. The molecule has 1 atom stereocenters. The van der Waals surface area contributed by atoms with Crippen LogP contribution < -0.4 is 5.32 Å². The molecule has 2 fully saturated rings. The summed E-state index contributed by atoms with van der Waals surface area (Å²) in [4.78, 5) is 5.25. The zero-order valence-corrected chi connectivity index (χ0v) is 9.50. The number of likely N-dealkylation sites (tertiary alicyclic amines) is 1. The first-order valence-corrected chi connectivity index (χ1v) is 6.04. The number of likely N-dealkylation sites (N-methyl/N-ethyl adjacent to an activating group) is 1. The molecular formula is C11H23N3. The fourth-order valence-corrected chi connectivity index (χ4v) is 2.65. The molecule has 82 valence electrons. The highest BCUT2D eigenvalue weighted by atomic mass is 15.3. The van der Waals surface area contributed by atoms with Crippen molar-refractivity contribution in [3.8, 4) is 0 Å². The zero-order valence-electron chi connectivity index (χ0n) is 9.50. The van der Waals surface area contributed by atoms with Gasteiger partial charge in [-0.1, -0.05) is 13.8 Å². The molecule has 14 heavy (non-hydrogen) atoms. The molecule has 1 N–H and O–H groups in total. The van der Waals surface area contributed by atoms with Crippen molar-refractivity contribution in [3.05, 3.63) is 0 Å². The molecule has 3 heteroatoms. The van der Waals surface area contributed by atoms with Gasteiger partial charge in [-0.3, -0.25) is 4.90 Å². The molecule has 0 aromatic carbocycles. The molecule has 2 aliphatic heterocycles. The quantitative estimate of drug-likeness (QED) is 0.705. The lowest BCUT2D eigenvalue weighted by Crippen LogP contribution is -2.65. The molecule has 1 unspecified atom stereocenters. The zero-order chi connectivity index (χ0) is 9.97. The Kier molecular flexibility index (Phi) is 3.42. The largest absolute Gasteiger partial charge is 0.314 e. The molecule has 0 radical (unpaired) electrons. The van der Waals surface area contributed by atoms with Gasteiger partial charge in [0.1, 0.15) is 0 Å². The summed E-state index contributed by atoms with van der Waals surface area (Å²) in [6.45, 7) is 12.0. The van der Waals surface area contributed by atoms with E-state index in [1.807, 2.05) is 0 Å². The van der Waals surface area contributed by atoms with Gasteiger partial charge in [-0.05, 0) is 13.0 Å². The molecule has 0 aliphatic carbocycles. The SMILES string of the molecule is CCC1CNCCN1C1CN(CC)C1. The second-order valence-electron chi connectivity index (χ2n) is 4.51. The van der Waals surface area contributed by atoms with Gasteiger partial charge in [-0.15, -0.1) is 0 Å². The Morgan fingerprint density at radius 3 is 2.71 bits per heavy atom. The van der Waals surface area contributed by atoms with E-state index in [1.54, 1.807) is 0 Å². The van der Waals surface area contributed by atoms with Crippen molar-refractivity contribution >= 4 is 0 Å². The Morgan fingerprint density at radius 2 is 2.07 bits per heavy atom. The summed E-state index contributed by atoms with van der Waals surface area (Å²) in [6, 6.07) is 1.63.